The number of hydrogen-bond donors (Lipinski definition) is 4. The van der Waals surface area contributed by atoms with Gasteiger partial charge in [-0.3, -0.25) is 15.1 Å². The number of aliphatic hydroxyl groups is 1. The predicted molar refractivity (Wildman–Crippen MR) is 156 cm³/mol. The van der Waals surface area contributed by atoms with Crippen molar-refractivity contribution in [2.24, 2.45) is 5.92 Å². The topological polar surface area (TPSA) is 135 Å². The van der Waals surface area contributed by atoms with Crippen molar-refractivity contribution in [3.8, 4) is 22.8 Å². The van der Waals surface area contributed by atoms with E-state index in [1.165, 1.54) is 19.3 Å². The Kier molecular flexibility index (Phi) is 6.52. The van der Waals surface area contributed by atoms with Crippen LogP contribution in [0.3, 0.4) is 0 Å². The number of pyridine rings is 3. The lowest BCUT2D eigenvalue weighted by molar-refractivity contribution is 0.109. The molecule has 2 aliphatic rings. The summed E-state index contributed by atoms with van der Waals surface area (Å²) in [5.41, 5.74) is 6.67. The quantitative estimate of drug-likeness (QED) is 0.236. The van der Waals surface area contributed by atoms with Crippen LogP contribution in [0.4, 0.5) is 11.4 Å². The Balaban J connectivity index is 1.19. The summed E-state index contributed by atoms with van der Waals surface area (Å²) in [7, 11) is 2.16. The van der Waals surface area contributed by atoms with Gasteiger partial charge in [0.05, 0.1) is 35.0 Å². The van der Waals surface area contributed by atoms with E-state index in [2.05, 4.69) is 58.4 Å². The van der Waals surface area contributed by atoms with Crippen molar-refractivity contribution in [3.05, 3.63) is 43.0 Å². The molecule has 1 unspecified atom stereocenters. The minimum atomic E-state index is -0.578. The van der Waals surface area contributed by atoms with E-state index >= 15 is 0 Å². The summed E-state index contributed by atoms with van der Waals surface area (Å²) in [6.07, 6.45) is 12.3. The zero-order valence-corrected chi connectivity index (χ0v) is 22.6. The monoisotopic (exact) mass is 538 g/mol. The Morgan fingerprint density at radius 2 is 1.88 bits per heavy atom. The molecule has 1 aliphatic carbocycles. The fraction of sp³-hybridized carbons (Fsp3) is 0.414. The summed E-state index contributed by atoms with van der Waals surface area (Å²) in [4.78, 5) is 26.7. The lowest BCUT2D eigenvalue weighted by Crippen LogP contribution is -2.44. The molecule has 0 radical (unpaired) electrons. The number of aliphatic hydroxyl groups excluding tert-OH is 1. The Bertz CT molecular complexity index is 1630. The van der Waals surface area contributed by atoms with Crippen LogP contribution in [0.25, 0.3) is 44.8 Å². The first-order chi connectivity index (χ1) is 19.6. The molecular formula is C29H34N10O. The number of nitrogens with one attached hydrogen (secondary N) is 3. The number of piperazine rings is 1. The lowest BCUT2D eigenvalue weighted by Gasteiger charge is -2.34. The number of aromatic amines is 2. The standard InChI is InChI=1S/C29H34N10O/c1-38-9-11-39(12-10-38)24-7-8-31-27-26(24)34-28(35-27)25-21-14-22(32-17-23(21)36-37-25)19-13-20(16-30-15-19)33-29(40)18-5-3-2-4-6-18/h7-8,13-18,29,33,40H,2-6,9-12H2,1H3,(H,36,37)(H,31,34,35). The van der Waals surface area contributed by atoms with Crippen molar-refractivity contribution >= 4 is 33.4 Å². The molecule has 0 aromatic carbocycles. The van der Waals surface area contributed by atoms with Crippen LogP contribution in [-0.4, -0.2) is 84.6 Å². The highest BCUT2D eigenvalue weighted by molar-refractivity contribution is 5.96. The second-order valence-corrected chi connectivity index (χ2v) is 11.0. The van der Waals surface area contributed by atoms with E-state index < -0.39 is 6.23 Å². The molecule has 0 amide bonds. The van der Waals surface area contributed by atoms with E-state index in [1.54, 1.807) is 18.6 Å². The van der Waals surface area contributed by atoms with Crippen molar-refractivity contribution in [1.82, 2.24) is 40.0 Å². The van der Waals surface area contributed by atoms with Crippen LogP contribution in [0.5, 0.6) is 0 Å². The maximum Gasteiger partial charge on any atom is 0.180 e. The number of rotatable bonds is 6. The lowest BCUT2D eigenvalue weighted by atomic mass is 9.88. The van der Waals surface area contributed by atoms with E-state index in [-0.39, 0.29) is 5.92 Å². The minimum Gasteiger partial charge on any atom is -0.374 e. The van der Waals surface area contributed by atoms with Crippen LogP contribution in [0.1, 0.15) is 32.1 Å². The van der Waals surface area contributed by atoms with Gasteiger partial charge in [-0.2, -0.15) is 5.10 Å². The van der Waals surface area contributed by atoms with Crippen LogP contribution in [0, 0.1) is 5.92 Å². The summed E-state index contributed by atoms with van der Waals surface area (Å²) in [5, 5.41) is 22.6. The van der Waals surface area contributed by atoms with Crippen LogP contribution in [0.2, 0.25) is 0 Å². The van der Waals surface area contributed by atoms with E-state index in [4.69, 9.17) is 4.98 Å². The normalized spacial score (nSPS) is 18.0. The van der Waals surface area contributed by atoms with Gasteiger partial charge in [0.15, 0.2) is 11.5 Å². The first-order valence-corrected chi connectivity index (χ1v) is 14.1. The average Bonchev–Trinajstić information content (AvgIpc) is 3.62. The van der Waals surface area contributed by atoms with Crippen LogP contribution >= 0.6 is 0 Å². The fourth-order valence-electron chi connectivity index (χ4n) is 5.97. The first-order valence-electron chi connectivity index (χ1n) is 14.1. The zero-order valence-electron chi connectivity index (χ0n) is 22.6. The van der Waals surface area contributed by atoms with Gasteiger partial charge in [0, 0.05) is 55.4 Å². The number of H-pyrrole nitrogens is 2. The Morgan fingerprint density at radius 1 is 1.02 bits per heavy atom. The second kappa shape index (κ2) is 10.5. The third-order valence-electron chi connectivity index (χ3n) is 8.33. The predicted octanol–water partition coefficient (Wildman–Crippen LogP) is 4.02. The minimum absolute atomic E-state index is 0.274. The third-order valence-corrected chi connectivity index (χ3v) is 8.33. The van der Waals surface area contributed by atoms with Gasteiger partial charge in [-0.25, -0.2) is 9.97 Å². The van der Waals surface area contributed by atoms with Crippen molar-refractivity contribution in [1.29, 1.82) is 0 Å². The Labute approximate surface area is 232 Å². The molecule has 1 aliphatic heterocycles. The highest BCUT2D eigenvalue weighted by Gasteiger charge is 2.23. The fourth-order valence-corrected chi connectivity index (χ4v) is 5.97. The van der Waals surface area contributed by atoms with Gasteiger partial charge in [-0.05, 0) is 38.1 Å². The van der Waals surface area contributed by atoms with Gasteiger partial charge >= 0.3 is 0 Å². The third kappa shape index (κ3) is 4.75. The van der Waals surface area contributed by atoms with Gasteiger partial charge in [-0.15, -0.1) is 0 Å². The largest absolute Gasteiger partial charge is 0.374 e. The smallest absolute Gasteiger partial charge is 0.180 e. The zero-order chi connectivity index (χ0) is 27.1. The molecular weight excluding hydrogens is 504 g/mol. The van der Waals surface area contributed by atoms with E-state index in [9.17, 15) is 5.11 Å². The maximum atomic E-state index is 10.8. The van der Waals surface area contributed by atoms with Crippen molar-refractivity contribution in [3.63, 3.8) is 0 Å². The summed E-state index contributed by atoms with van der Waals surface area (Å²) < 4.78 is 0. The molecule has 6 heterocycles. The van der Waals surface area contributed by atoms with Gasteiger partial charge in [0.25, 0.3) is 0 Å². The summed E-state index contributed by atoms with van der Waals surface area (Å²) in [6.45, 7) is 3.97. The van der Waals surface area contributed by atoms with Gasteiger partial charge in [-0.1, -0.05) is 19.3 Å². The molecule has 4 N–H and O–H groups in total. The van der Waals surface area contributed by atoms with Gasteiger partial charge in [0.1, 0.15) is 17.4 Å². The number of nitrogens with zero attached hydrogens (tertiary/aromatic N) is 7. The number of imidazole rings is 1. The number of likely N-dealkylation sites (N-methyl/N-ethyl adjacent to an activating group) is 1. The molecule has 0 spiro atoms. The number of hydrogen-bond acceptors (Lipinski definition) is 9. The highest BCUT2D eigenvalue weighted by atomic mass is 16.3. The van der Waals surface area contributed by atoms with Crippen LogP contribution in [0.15, 0.2) is 43.0 Å². The second-order valence-electron chi connectivity index (χ2n) is 11.0. The summed E-state index contributed by atoms with van der Waals surface area (Å²) in [6, 6.07) is 6.05. The molecule has 2 fully saturated rings. The van der Waals surface area contributed by atoms with Crippen molar-refractivity contribution in [2.75, 3.05) is 43.4 Å². The number of aromatic nitrogens is 7. The Morgan fingerprint density at radius 3 is 2.73 bits per heavy atom. The van der Waals surface area contributed by atoms with E-state index in [0.29, 0.717) is 11.5 Å². The molecule has 0 bridgehead atoms. The molecule has 5 aromatic heterocycles. The van der Waals surface area contributed by atoms with Crippen molar-refractivity contribution in [2.45, 2.75) is 38.3 Å². The molecule has 5 aromatic rings. The van der Waals surface area contributed by atoms with E-state index in [1.807, 2.05) is 18.3 Å². The molecule has 1 saturated heterocycles. The summed E-state index contributed by atoms with van der Waals surface area (Å²) >= 11 is 0. The summed E-state index contributed by atoms with van der Waals surface area (Å²) in [5.74, 6) is 0.937. The first kappa shape index (κ1) is 24.9. The SMILES string of the molecule is CN1CCN(c2ccnc3nc(-c4n[nH]c5cnc(-c6cncc(NC(O)C7CCCCC7)c6)cc45)[nH]c23)CC1. The van der Waals surface area contributed by atoms with Gasteiger partial charge in [0.2, 0.25) is 0 Å². The average molecular weight is 539 g/mol. The molecule has 1 atom stereocenters. The molecule has 11 heteroatoms. The number of fused-ring (bicyclic) bond motifs is 2. The molecule has 40 heavy (non-hydrogen) atoms. The number of anilines is 2. The molecule has 7 rings (SSSR count). The van der Waals surface area contributed by atoms with E-state index in [0.717, 1.165) is 83.8 Å². The molecule has 11 nitrogen and oxygen atoms in total. The van der Waals surface area contributed by atoms with Crippen molar-refractivity contribution < 1.29 is 5.11 Å². The molecule has 206 valence electrons. The maximum absolute atomic E-state index is 10.8. The van der Waals surface area contributed by atoms with Crippen LogP contribution < -0.4 is 10.2 Å². The highest BCUT2D eigenvalue weighted by Crippen LogP contribution is 2.32. The Hall–Kier alpha value is -4.09. The van der Waals surface area contributed by atoms with Crippen LogP contribution in [-0.2, 0) is 0 Å². The molecule has 1 saturated carbocycles. The van der Waals surface area contributed by atoms with Gasteiger partial charge < -0.3 is 25.2 Å².